The van der Waals surface area contributed by atoms with Crippen molar-refractivity contribution < 1.29 is 9.59 Å². The fourth-order valence-electron chi connectivity index (χ4n) is 2.32. The SMILES string of the molecule is CN(C)C(=O)C(Cc1ccccc1)NC(=O)CNCC1CC1. The zero-order valence-corrected chi connectivity index (χ0v) is 13.3. The molecule has 120 valence electrons. The average Bonchev–Trinajstić information content (AvgIpc) is 3.31. The first kappa shape index (κ1) is 16.5. The number of carbonyl (C=O) groups excluding carboxylic acids is 2. The van der Waals surface area contributed by atoms with Crippen LogP contribution in [0.2, 0.25) is 0 Å². The number of nitrogens with zero attached hydrogens (tertiary/aromatic N) is 1. The van der Waals surface area contributed by atoms with Crippen LogP contribution in [0.5, 0.6) is 0 Å². The minimum absolute atomic E-state index is 0.0839. The number of rotatable bonds is 8. The van der Waals surface area contributed by atoms with Gasteiger partial charge < -0.3 is 15.5 Å². The van der Waals surface area contributed by atoms with Crippen LogP contribution in [-0.4, -0.2) is 49.9 Å². The van der Waals surface area contributed by atoms with Crippen molar-refractivity contribution >= 4 is 11.8 Å². The van der Waals surface area contributed by atoms with Crippen LogP contribution in [0, 0.1) is 5.92 Å². The van der Waals surface area contributed by atoms with Gasteiger partial charge in [-0.1, -0.05) is 30.3 Å². The summed E-state index contributed by atoms with van der Waals surface area (Å²) in [6.07, 6.45) is 3.01. The second kappa shape index (κ2) is 7.94. The molecule has 1 atom stereocenters. The summed E-state index contributed by atoms with van der Waals surface area (Å²) >= 11 is 0. The molecule has 0 bridgehead atoms. The van der Waals surface area contributed by atoms with Crippen molar-refractivity contribution in [2.24, 2.45) is 5.92 Å². The molecule has 1 unspecified atom stereocenters. The molecule has 1 aromatic rings. The summed E-state index contributed by atoms with van der Waals surface area (Å²) in [4.78, 5) is 25.8. The van der Waals surface area contributed by atoms with E-state index in [1.165, 1.54) is 17.7 Å². The van der Waals surface area contributed by atoms with Gasteiger partial charge in [0.15, 0.2) is 0 Å². The van der Waals surface area contributed by atoms with E-state index in [1.54, 1.807) is 14.1 Å². The van der Waals surface area contributed by atoms with Gasteiger partial charge in [-0.25, -0.2) is 0 Å². The monoisotopic (exact) mass is 303 g/mol. The molecular weight excluding hydrogens is 278 g/mol. The summed E-state index contributed by atoms with van der Waals surface area (Å²) in [6, 6.07) is 9.22. The molecule has 5 heteroatoms. The zero-order chi connectivity index (χ0) is 15.9. The Morgan fingerprint density at radius 1 is 1.23 bits per heavy atom. The summed E-state index contributed by atoms with van der Waals surface area (Å²) in [5.41, 5.74) is 1.04. The number of hydrogen-bond donors (Lipinski definition) is 2. The van der Waals surface area contributed by atoms with E-state index >= 15 is 0 Å². The number of likely N-dealkylation sites (N-methyl/N-ethyl adjacent to an activating group) is 1. The maximum Gasteiger partial charge on any atom is 0.244 e. The molecule has 1 aliphatic carbocycles. The van der Waals surface area contributed by atoms with Gasteiger partial charge in [0.2, 0.25) is 11.8 Å². The maximum absolute atomic E-state index is 12.3. The zero-order valence-electron chi connectivity index (χ0n) is 13.3. The Hall–Kier alpha value is -1.88. The van der Waals surface area contributed by atoms with Gasteiger partial charge in [0.05, 0.1) is 6.54 Å². The minimum atomic E-state index is -0.521. The van der Waals surface area contributed by atoms with Crippen molar-refractivity contribution in [3.05, 3.63) is 35.9 Å². The third kappa shape index (κ3) is 5.48. The van der Waals surface area contributed by atoms with Gasteiger partial charge in [-0.05, 0) is 30.9 Å². The second-order valence-electron chi connectivity index (χ2n) is 6.12. The third-order valence-electron chi connectivity index (χ3n) is 3.77. The van der Waals surface area contributed by atoms with Crippen LogP contribution in [0.25, 0.3) is 0 Å². The van der Waals surface area contributed by atoms with Crippen molar-refractivity contribution in [3.63, 3.8) is 0 Å². The van der Waals surface area contributed by atoms with E-state index in [0.717, 1.165) is 18.0 Å². The summed E-state index contributed by atoms with van der Waals surface area (Å²) < 4.78 is 0. The van der Waals surface area contributed by atoms with Crippen molar-refractivity contribution in [2.45, 2.75) is 25.3 Å². The molecule has 0 radical (unpaired) electrons. The van der Waals surface area contributed by atoms with Crippen molar-refractivity contribution in [1.29, 1.82) is 0 Å². The molecule has 0 spiro atoms. The molecule has 2 amide bonds. The molecule has 2 rings (SSSR count). The van der Waals surface area contributed by atoms with Crippen LogP contribution in [0.4, 0.5) is 0 Å². The number of nitrogens with one attached hydrogen (secondary N) is 2. The smallest absolute Gasteiger partial charge is 0.244 e. The molecule has 1 fully saturated rings. The number of carbonyl (C=O) groups is 2. The lowest BCUT2D eigenvalue weighted by Crippen LogP contribution is -2.49. The highest BCUT2D eigenvalue weighted by atomic mass is 16.2. The van der Waals surface area contributed by atoms with Crippen LogP contribution in [0.15, 0.2) is 30.3 Å². The van der Waals surface area contributed by atoms with E-state index in [0.29, 0.717) is 6.42 Å². The van der Waals surface area contributed by atoms with E-state index < -0.39 is 6.04 Å². The van der Waals surface area contributed by atoms with Crippen LogP contribution in [0.3, 0.4) is 0 Å². The van der Waals surface area contributed by atoms with E-state index in [2.05, 4.69) is 10.6 Å². The lowest BCUT2D eigenvalue weighted by molar-refractivity contribution is -0.134. The van der Waals surface area contributed by atoms with E-state index in [1.807, 2.05) is 30.3 Å². The summed E-state index contributed by atoms with van der Waals surface area (Å²) in [5.74, 6) is 0.521. The third-order valence-corrected chi connectivity index (χ3v) is 3.77. The number of hydrogen-bond acceptors (Lipinski definition) is 3. The highest BCUT2D eigenvalue weighted by molar-refractivity contribution is 5.88. The molecular formula is C17H25N3O2. The van der Waals surface area contributed by atoms with Gasteiger partial charge in [-0.3, -0.25) is 9.59 Å². The summed E-state index contributed by atoms with van der Waals surface area (Å²) in [6.45, 7) is 1.15. The highest BCUT2D eigenvalue weighted by Crippen LogP contribution is 2.27. The Kier molecular flexibility index (Phi) is 5.95. The predicted octanol–water partition coefficient (Wildman–Crippen LogP) is 0.802. The van der Waals surface area contributed by atoms with Gasteiger partial charge in [-0.2, -0.15) is 0 Å². The molecule has 0 aromatic heterocycles. The quantitative estimate of drug-likeness (QED) is 0.747. The molecule has 0 heterocycles. The predicted molar refractivity (Wildman–Crippen MR) is 86.4 cm³/mol. The Balaban J connectivity index is 1.88. The molecule has 5 nitrogen and oxygen atoms in total. The van der Waals surface area contributed by atoms with E-state index in [4.69, 9.17) is 0 Å². The number of benzene rings is 1. The van der Waals surface area contributed by atoms with Gasteiger partial charge >= 0.3 is 0 Å². The minimum Gasteiger partial charge on any atom is -0.347 e. The Labute approximate surface area is 132 Å². The molecule has 22 heavy (non-hydrogen) atoms. The average molecular weight is 303 g/mol. The van der Waals surface area contributed by atoms with Gasteiger partial charge in [0.25, 0.3) is 0 Å². The lowest BCUT2D eigenvalue weighted by atomic mass is 10.0. The molecule has 1 aromatic carbocycles. The normalized spacial score (nSPS) is 15.2. The first-order chi connectivity index (χ1) is 10.6. The van der Waals surface area contributed by atoms with Gasteiger partial charge in [-0.15, -0.1) is 0 Å². The molecule has 2 N–H and O–H groups in total. The molecule has 0 aliphatic heterocycles. The first-order valence-corrected chi connectivity index (χ1v) is 7.81. The Bertz CT molecular complexity index is 498. The largest absolute Gasteiger partial charge is 0.347 e. The molecule has 0 saturated heterocycles. The second-order valence-corrected chi connectivity index (χ2v) is 6.12. The fraction of sp³-hybridized carbons (Fsp3) is 0.529. The van der Waals surface area contributed by atoms with E-state index in [9.17, 15) is 9.59 Å². The number of amides is 2. The van der Waals surface area contributed by atoms with Crippen molar-refractivity contribution in [3.8, 4) is 0 Å². The van der Waals surface area contributed by atoms with Crippen LogP contribution in [0.1, 0.15) is 18.4 Å². The highest BCUT2D eigenvalue weighted by Gasteiger charge is 2.24. The molecule has 1 aliphatic rings. The summed E-state index contributed by atoms with van der Waals surface area (Å²) in [7, 11) is 3.41. The fourth-order valence-corrected chi connectivity index (χ4v) is 2.32. The van der Waals surface area contributed by atoms with Gasteiger partial charge in [0.1, 0.15) is 6.04 Å². The van der Waals surface area contributed by atoms with Crippen LogP contribution in [-0.2, 0) is 16.0 Å². The van der Waals surface area contributed by atoms with Crippen molar-refractivity contribution in [1.82, 2.24) is 15.5 Å². The standard InChI is InChI=1S/C17H25N3O2/c1-20(2)17(22)15(10-13-6-4-3-5-7-13)19-16(21)12-18-11-14-8-9-14/h3-7,14-15,18H,8-12H2,1-2H3,(H,19,21). The topological polar surface area (TPSA) is 61.4 Å². The summed E-state index contributed by atoms with van der Waals surface area (Å²) in [5, 5.41) is 6.00. The first-order valence-electron chi connectivity index (χ1n) is 7.81. The van der Waals surface area contributed by atoms with Crippen LogP contribution < -0.4 is 10.6 Å². The van der Waals surface area contributed by atoms with Gasteiger partial charge in [0, 0.05) is 20.5 Å². The molecule has 1 saturated carbocycles. The lowest BCUT2D eigenvalue weighted by Gasteiger charge is -2.22. The van der Waals surface area contributed by atoms with Crippen LogP contribution >= 0.6 is 0 Å². The Morgan fingerprint density at radius 2 is 1.91 bits per heavy atom. The maximum atomic E-state index is 12.3. The van der Waals surface area contributed by atoms with E-state index in [-0.39, 0.29) is 18.4 Å². The van der Waals surface area contributed by atoms with Crippen molar-refractivity contribution in [2.75, 3.05) is 27.2 Å². The Morgan fingerprint density at radius 3 is 2.50 bits per heavy atom.